The zero-order valence-electron chi connectivity index (χ0n) is 14.6. The average molecular weight is 396 g/mol. The van der Waals surface area contributed by atoms with Gasteiger partial charge in [-0.05, 0) is 34.5 Å². The fourth-order valence-electron chi connectivity index (χ4n) is 2.34. The second-order valence-corrected chi connectivity index (χ2v) is 8.07. The highest BCUT2D eigenvalue weighted by Gasteiger charge is 2.50. The van der Waals surface area contributed by atoms with E-state index in [4.69, 9.17) is 4.74 Å². The number of hydrogen-bond donors (Lipinski definition) is 0. The zero-order chi connectivity index (χ0) is 20.2. The lowest BCUT2D eigenvalue weighted by molar-refractivity contribution is -0.133. The van der Waals surface area contributed by atoms with Gasteiger partial charge in [-0.2, -0.15) is 8.78 Å². The summed E-state index contributed by atoms with van der Waals surface area (Å²) in [5.41, 5.74) is 1.11. The first kappa shape index (κ1) is 20.7. The number of fused-ring (bicyclic) bond motifs is 1. The van der Waals surface area contributed by atoms with Gasteiger partial charge in [-0.3, -0.25) is 4.79 Å². The molecule has 0 aliphatic heterocycles. The number of halogens is 2. The SMILES string of the molecule is C=Cc1ccc2cc(C(=O)OCCC(=O)C(F)(F)S(=O)(=O)CC)ccc2c1. The number of carbonyl (C=O) groups excluding carboxylic acids is 2. The Morgan fingerprint density at radius 3 is 2.41 bits per heavy atom. The van der Waals surface area contributed by atoms with Crippen LogP contribution in [0, 0.1) is 0 Å². The molecule has 0 spiro atoms. The molecule has 0 saturated heterocycles. The molecule has 0 bridgehead atoms. The maximum Gasteiger partial charge on any atom is 0.402 e. The number of ether oxygens (including phenoxy) is 1. The van der Waals surface area contributed by atoms with Crippen LogP contribution in [0.4, 0.5) is 8.78 Å². The third-order valence-electron chi connectivity index (χ3n) is 3.99. The van der Waals surface area contributed by atoms with Crippen molar-refractivity contribution in [1.82, 2.24) is 0 Å². The molecule has 0 amide bonds. The summed E-state index contributed by atoms with van der Waals surface area (Å²) in [5.74, 6) is -3.46. The molecule has 0 heterocycles. The van der Waals surface area contributed by atoms with Crippen LogP contribution in [0.3, 0.4) is 0 Å². The monoisotopic (exact) mass is 396 g/mol. The lowest BCUT2D eigenvalue weighted by Gasteiger charge is -2.14. The second-order valence-electron chi connectivity index (χ2n) is 5.75. The second kappa shape index (κ2) is 7.96. The van der Waals surface area contributed by atoms with Gasteiger partial charge in [0.2, 0.25) is 15.6 Å². The van der Waals surface area contributed by atoms with Crippen molar-refractivity contribution in [2.45, 2.75) is 18.6 Å². The van der Waals surface area contributed by atoms with Crippen molar-refractivity contribution in [2.24, 2.45) is 0 Å². The Labute approximate surface area is 155 Å². The van der Waals surface area contributed by atoms with Gasteiger partial charge in [-0.1, -0.05) is 37.8 Å². The van der Waals surface area contributed by atoms with Crippen LogP contribution in [-0.2, 0) is 19.4 Å². The fraction of sp³-hybridized carbons (Fsp3) is 0.263. The van der Waals surface area contributed by atoms with Crippen LogP contribution < -0.4 is 0 Å². The third kappa shape index (κ3) is 4.39. The van der Waals surface area contributed by atoms with Crippen LogP contribution in [0.2, 0.25) is 0 Å². The van der Waals surface area contributed by atoms with E-state index in [-0.39, 0.29) is 5.56 Å². The highest BCUT2D eigenvalue weighted by molar-refractivity contribution is 7.93. The number of carbonyl (C=O) groups is 2. The molecule has 0 N–H and O–H groups in total. The Morgan fingerprint density at radius 1 is 1.15 bits per heavy atom. The van der Waals surface area contributed by atoms with E-state index in [1.54, 1.807) is 24.3 Å². The average Bonchev–Trinajstić information content (AvgIpc) is 2.66. The molecular weight excluding hydrogens is 378 g/mol. The summed E-state index contributed by atoms with van der Waals surface area (Å²) in [4.78, 5) is 23.5. The van der Waals surface area contributed by atoms with Crippen molar-refractivity contribution in [3.63, 3.8) is 0 Å². The van der Waals surface area contributed by atoms with Crippen LogP contribution >= 0.6 is 0 Å². The summed E-state index contributed by atoms with van der Waals surface area (Å²) in [7, 11) is -4.86. The van der Waals surface area contributed by atoms with Gasteiger partial charge >= 0.3 is 11.2 Å². The Kier molecular flexibility index (Phi) is 6.10. The first-order chi connectivity index (χ1) is 12.6. The summed E-state index contributed by atoms with van der Waals surface area (Å²) in [6, 6.07) is 10.3. The summed E-state index contributed by atoms with van der Waals surface area (Å²) >= 11 is 0. The van der Waals surface area contributed by atoms with Gasteiger partial charge in [0.1, 0.15) is 0 Å². The van der Waals surface area contributed by atoms with Crippen LogP contribution in [0.15, 0.2) is 43.0 Å². The molecule has 8 heteroatoms. The molecular formula is C19H18F2O5S. The summed E-state index contributed by atoms with van der Waals surface area (Å²) in [5, 5.41) is -2.84. The lowest BCUT2D eigenvalue weighted by Crippen LogP contribution is -2.39. The topological polar surface area (TPSA) is 77.5 Å². The number of ketones is 1. The number of sulfone groups is 1. The maximum absolute atomic E-state index is 13.6. The van der Waals surface area contributed by atoms with Crippen LogP contribution in [-0.4, -0.2) is 37.8 Å². The van der Waals surface area contributed by atoms with Gasteiger partial charge in [0.05, 0.1) is 17.9 Å². The van der Waals surface area contributed by atoms with Crippen molar-refractivity contribution in [2.75, 3.05) is 12.4 Å². The van der Waals surface area contributed by atoms with Gasteiger partial charge in [0.15, 0.2) is 0 Å². The molecule has 2 aromatic carbocycles. The molecule has 2 rings (SSSR count). The van der Waals surface area contributed by atoms with E-state index in [9.17, 15) is 26.8 Å². The Morgan fingerprint density at radius 2 is 1.78 bits per heavy atom. The lowest BCUT2D eigenvalue weighted by atomic mass is 10.0. The number of benzene rings is 2. The predicted molar refractivity (Wildman–Crippen MR) is 98.4 cm³/mol. The molecule has 0 aromatic heterocycles. The maximum atomic E-state index is 13.6. The summed E-state index contributed by atoms with van der Waals surface area (Å²) in [6.45, 7) is 4.06. The van der Waals surface area contributed by atoms with E-state index in [0.29, 0.717) is 0 Å². The van der Waals surface area contributed by atoms with Crippen molar-refractivity contribution >= 4 is 38.4 Å². The molecule has 0 aliphatic rings. The largest absolute Gasteiger partial charge is 0.462 e. The number of esters is 1. The number of rotatable bonds is 8. The normalized spacial score (nSPS) is 12.0. The minimum Gasteiger partial charge on any atom is -0.462 e. The highest BCUT2D eigenvalue weighted by atomic mass is 32.2. The molecule has 0 aliphatic carbocycles. The van der Waals surface area contributed by atoms with Crippen molar-refractivity contribution < 1.29 is 31.5 Å². The molecule has 144 valence electrons. The first-order valence-corrected chi connectivity index (χ1v) is 9.74. The van der Waals surface area contributed by atoms with Gasteiger partial charge in [-0.25, -0.2) is 13.2 Å². The van der Waals surface area contributed by atoms with Gasteiger partial charge in [-0.15, -0.1) is 0 Å². The Balaban J connectivity index is 2.02. The van der Waals surface area contributed by atoms with E-state index in [1.807, 2.05) is 12.1 Å². The molecule has 2 aromatic rings. The molecule has 0 fully saturated rings. The first-order valence-electron chi connectivity index (χ1n) is 8.09. The van der Waals surface area contributed by atoms with Crippen LogP contribution in [0.25, 0.3) is 16.8 Å². The third-order valence-corrected chi connectivity index (χ3v) is 5.76. The Bertz CT molecular complexity index is 996. The van der Waals surface area contributed by atoms with E-state index < -0.39 is 45.6 Å². The molecule has 27 heavy (non-hydrogen) atoms. The molecule has 0 saturated carbocycles. The molecule has 5 nitrogen and oxygen atoms in total. The molecule has 0 radical (unpaired) electrons. The highest BCUT2D eigenvalue weighted by Crippen LogP contribution is 2.25. The minimum absolute atomic E-state index is 0.189. The van der Waals surface area contributed by atoms with Gasteiger partial charge in [0.25, 0.3) is 0 Å². The van der Waals surface area contributed by atoms with Gasteiger partial charge in [0, 0.05) is 6.42 Å². The number of hydrogen-bond acceptors (Lipinski definition) is 5. The minimum atomic E-state index is -4.86. The number of alkyl halides is 2. The van der Waals surface area contributed by atoms with Gasteiger partial charge < -0.3 is 4.74 Å². The zero-order valence-corrected chi connectivity index (χ0v) is 15.4. The fourth-order valence-corrected chi connectivity index (χ4v) is 3.15. The summed E-state index contributed by atoms with van der Waals surface area (Å²) < 4.78 is 54.6. The van der Waals surface area contributed by atoms with Crippen LogP contribution in [0.1, 0.15) is 29.3 Å². The van der Waals surface area contributed by atoms with E-state index >= 15 is 0 Å². The van der Waals surface area contributed by atoms with E-state index in [0.717, 1.165) is 23.3 Å². The molecule has 0 atom stereocenters. The molecule has 0 unspecified atom stereocenters. The van der Waals surface area contributed by atoms with E-state index in [1.165, 1.54) is 6.07 Å². The van der Waals surface area contributed by atoms with Crippen molar-refractivity contribution in [3.8, 4) is 0 Å². The quantitative estimate of drug-likeness (QED) is 0.637. The van der Waals surface area contributed by atoms with E-state index in [2.05, 4.69) is 6.58 Å². The van der Waals surface area contributed by atoms with Crippen LogP contribution in [0.5, 0.6) is 0 Å². The smallest absolute Gasteiger partial charge is 0.402 e. The number of Topliss-reactive ketones (excluding diaryl/α,β-unsaturated/α-hetero) is 1. The Hall–Kier alpha value is -2.61. The van der Waals surface area contributed by atoms with Crippen molar-refractivity contribution in [1.29, 1.82) is 0 Å². The standard InChI is InChI=1S/C19H18F2O5S/c1-3-13-5-6-15-12-16(8-7-14(15)11-13)18(23)26-10-9-17(22)19(20,21)27(24,25)4-2/h3,5-8,11-12H,1,4,9-10H2,2H3. The summed E-state index contributed by atoms with van der Waals surface area (Å²) in [6.07, 6.45) is 0.793. The van der Waals surface area contributed by atoms with Crippen molar-refractivity contribution in [3.05, 3.63) is 54.1 Å². The predicted octanol–water partition coefficient (Wildman–Crippen LogP) is 3.63.